The van der Waals surface area contributed by atoms with E-state index in [2.05, 4.69) is 70.6 Å². The van der Waals surface area contributed by atoms with Gasteiger partial charge in [-0.1, -0.05) is 6.92 Å². The number of rotatable bonds is 1. The highest BCUT2D eigenvalue weighted by molar-refractivity contribution is 9.14. The second-order valence-corrected chi connectivity index (χ2v) is 5.61. The molecule has 0 fully saturated rings. The van der Waals surface area contributed by atoms with Crippen LogP contribution in [0.1, 0.15) is 12.5 Å². The van der Waals surface area contributed by atoms with E-state index in [9.17, 15) is 5.11 Å². The van der Waals surface area contributed by atoms with Crippen LogP contribution in [0.2, 0.25) is 0 Å². The molecule has 0 heterocycles. The van der Waals surface area contributed by atoms with Gasteiger partial charge in [0, 0.05) is 8.95 Å². The number of aromatic hydroxyl groups is 1. The van der Waals surface area contributed by atoms with Gasteiger partial charge in [-0.05, 0) is 75.7 Å². The van der Waals surface area contributed by atoms with Gasteiger partial charge in [-0.3, -0.25) is 0 Å². The van der Waals surface area contributed by atoms with Crippen molar-refractivity contribution >= 4 is 63.7 Å². The minimum Gasteiger partial charge on any atom is -0.505 e. The fraction of sp³-hybridized carbons (Fsp3) is 0.250. The summed E-state index contributed by atoms with van der Waals surface area (Å²) in [5.74, 6) is 0.205. The first-order valence-electron chi connectivity index (χ1n) is 3.54. The Morgan fingerprint density at radius 2 is 1.31 bits per heavy atom. The lowest BCUT2D eigenvalue weighted by molar-refractivity contribution is 0.467. The molecule has 1 aromatic rings. The van der Waals surface area contributed by atoms with Crippen LogP contribution in [0.3, 0.4) is 0 Å². The molecule has 1 rings (SSSR count). The van der Waals surface area contributed by atoms with Gasteiger partial charge in [-0.2, -0.15) is 0 Å². The summed E-state index contributed by atoms with van der Waals surface area (Å²) in [5.41, 5.74) is 1.12. The summed E-state index contributed by atoms with van der Waals surface area (Å²) in [7, 11) is 0. The first-order valence-corrected chi connectivity index (χ1v) is 6.71. The molecule has 0 aromatic heterocycles. The molecule has 0 atom stereocenters. The highest BCUT2D eigenvalue weighted by atomic mass is 79.9. The minimum absolute atomic E-state index is 0.205. The zero-order chi connectivity index (χ0) is 10.2. The smallest absolute Gasteiger partial charge is 0.146 e. The standard InChI is InChI=1S/C8H6Br4O/c1-2-3-4(9)6(11)8(13)7(12)5(3)10/h13H,2H2,1H3. The molecule has 0 saturated carbocycles. The van der Waals surface area contributed by atoms with Gasteiger partial charge in [0.2, 0.25) is 0 Å². The maximum atomic E-state index is 9.63. The fourth-order valence-corrected chi connectivity index (χ4v) is 3.72. The Hall–Kier alpha value is 0.940. The van der Waals surface area contributed by atoms with Crippen molar-refractivity contribution in [1.29, 1.82) is 0 Å². The highest BCUT2D eigenvalue weighted by Crippen LogP contribution is 2.45. The summed E-state index contributed by atoms with van der Waals surface area (Å²) in [6.07, 6.45) is 0.888. The number of hydrogen-bond donors (Lipinski definition) is 1. The van der Waals surface area contributed by atoms with Crippen molar-refractivity contribution in [2.24, 2.45) is 0 Å². The molecule has 0 saturated heterocycles. The van der Waals surface area contributed by atoms with Crippen LogP contribution < -0.4 is 0 Å². The molecule has 0 spiro atoms. The normalized spacial score (nSPS) is 10.5. The number of phenolic OH excluding ortho intramolecular Hbond substituents is 1. The van der Waals surface area contributed by atoms with Crippen molar-refractivity contribution < 1.29 is 5.11 Å². The van der Waals surface area contributed by atoms with Crippen LogP contribution in [0.4, 0.5) is 0 Å². The molecule has 72 valence electrons. The van der Waals surface area contributed by atoms with Gasteiger partial charge >= 0.3 is 0 Å². The average Bonchev–Trinajstić information content (AvgIpc) is 2.13. The third-order valence-corrected chi connectivity index (χ3v) is 6.04. The predicted octanol–water partition coefficient (Wildman–Crippen LogP) is 5.00. The van der Waals surface area contributed by atoms with Crippen molar-refractivity contribution in [3.63, 3.8) is 0 Å². The van der Waals surface area contributed by atoms with E-state index in [1.54, 1.807) is 0 Å². The van der Waals surface area contributed by atoms with E-state index >= 15 is 0 Å². The zero-order valence-corrected chi connectivity index (χ0v) is 13.0. The lowest BCUT2D eigenvalue weighted by Crippen LogP contribution is -1.89. The summed E-state index contributed by atoms with van der Waals surface area (Å²) in [6, 6.07) is 0. The maximum Gasteiger partial charge on any atom is 0.146 e. The van der Waals surface area contributed by atoms with Crippen LogP contribution in [0.25, 0.3) is 0 Å². The van der Waals surface area contributed by atoms with Crippen LogP contribution in [0, 0.1) is 0 Å². The van der Waals surface area contributed by atoms with Gasteiger partial charge < -0.3 is 5.11 Å². The second-order valence-electron chi connectivity index (χ2n) is 2.44. The van der Waals surface area contributed by atoms with Crippen LogP contribution in [0.5, 0.6) is 5.75 Å². The molecular formula is C8H6Br4O. The Balaban J connectivity index is 3.56. The van der Waals surface area contributed by atoms with E-state index in [1.807, 2.05) is 0 Å². The van der Waals surface area contributed by atoms with E-state index in [0.29, 0.717) is 8.95 Å². The monoisotopic (exact) mass is 434 g/mol. The fourth-order valence-electron chi connectivity index (χ4n) is 0.976. The molecule has 0 unspecified atom stereocenters. The minimum atomic E-state index is 0.205. The predicted molar refractivity (Wildman–Crippen MR) is 68.3 cm³/mol. The lowest BCUT2D eigenvalue weighted by atomic mass is 10.2. The first-order chi connectivity index (χ1) is 6.00. The molecule has 1 aromatic carbocycles. The third-order valence-electron chi connectivity index (χ3n) is 1.68. The maximum absolute atomic E-state index is 9.63. The van der Waals surface area contributed by atoms with Gasteiger partial charge in [0.05, 0.1) is 8.95 Å². The molecule has 0 bridgehead atoms. The van der Waals surface area contributed by atoms with Gasteiger partial charge in [0.25, 0.3) is 0 Å². The molecule has 5 heteroatoms. The van der Waals surface area contributed by atoms with E-state index < -0.39 is 0 Å². The van der Waals surface area contributed by atoms with E-state index in [1.165, 1.54) is 0 Å². The van der Waals surface area contributed by atoms with Crippen LogP contribution in [0.15, 0.2) is 17.9 Å². The van der Waals surface area contributed by atoms with Crippen molar-refractivity contribution in [1.82, 2.24) is 0 Å². The second kappa shape index (κ2) is 4.64. The average molecular weight is 438 g/mol. The Kier molecular flexibility index (Phi) is 4.29. The van der Waals surface area contributed by atoms with Crippen molar-refractivity contribution in [3.05, 3.63) is 23.5 Å². The summed E-state index contributed by atoms with van der Waals surface area (Å²) in [5, 5.41) is 9.63. The van der Waals surface area contributed by atoms with E-state index in [4.69, 9.17) is 0 Å². The van der Waals surface area contributed by atoms with Crippen LogP contribution in [-0.2, 0) is 6.42 Å². The quantitative estimate of drug-likeness (QED) is 0.613. The largest absolute Gasteiger partial charge is 0.505 e. The molecule has 0 aliphatic heterocycles. The Labute approximate surface area is 110 Å². The topological polar surface area (TPSA) is 20.2 Å². The van der Waals surface area contributed by atoms with Gasteiger partial charge in [0.15, 0.2) is 0 Å². The lowest BCUT2D eigenvalue weighted by Gasteiger charge is -2.11. The van der Waals surface area contributed by atoms with E-state index in [-0.39, 0.29) is 5.75 Å². The van der Waals surface area contributed by atoms with Crippen molar-refractivity contribution in [2.75, 3.05) is 0 Å². The Morgan fingerprint density at radius 3 is 1.62 bits per heavy atom. The summed E-state index contributed by atoms with van der Waals surface area (Å²) in [4.78, 5) is 0. The van der Waals surface area contributed by atoms with Crippen LogP contribution >= 0.6 is 63.7 Å². The molecule has 0 radical (unpaired) electrons. The molecule has 0 amide bonds. The molecule has 1 N–H and O–H groups in total. The van der Waals surface area contributed by atoms with Crippen LogP contribution in [-0.4, -0.2) is 5.11 Å². The molecule has 1 nitrogen and oxygen atoms in total. The number of benzene rings is 1. The first kappa shape index (κ1) is 12.0. The highest BCUT2D eigenvalue weighted by Gasteiger charge is 2.16. The number of hydrogen-bond acceptors (Lipinski definition) is 1. The number of phenols is 1. The molecule has 0 aliphatic carbocycles. The van der Waals surface area contributed by atoms with E-state index in [0.717, 1.165) is 20.9 Å². The molecule has 13 heavy (non-hydrogen) atoms. The van der Waals surface area contributed by atoms with Gasteiger partial charge in [-0.25, -0.2) is 0 Å². The third kappa shape index (κ3) is 2.13. The summed E-state index contributed by atoms with van der Waals surface area (Å²) in [6.45, 7) is 2.06. The Bertz CT molecular complexity index is 319. The Morgan fingerprint density at radius 1 is 0.923 bits per heavy atom. The van der Waals surface area contributed by atoms with Gasteiger partial charge in [-0.15, -0.1) is 0 Å². The summed E-state index contributed by atoms with van der Waals surface area (Å²) >= 11 is 13.5. The molecule has 0 aliphatic rings. The SMILES string of the molecule is CCc1c(Br)c(Br)c(O)c(Br)c1Br. The zero-order valence-electron chi connectivity index (χ0n) is 6.67. The molecular weight excluding hydrogens is 432 g/mol. The summed E-state index contributed by atoms with van der Waals surface area (Å²) < 4.78 is 3.14. The van der Waals surface area contributed by atoms with Gasteiger partial charge in [0.1, 0.15) is 5.75 Å². The van der Waals surface area contributed by atoms with Crippen molar-refractivity contribution in [2.45, 2.75) is 13.3 Å². The van der Waals surface area contributed by atoms with Crippen molar-refractivity contribution in [3.8, 4) is 5.75 Å². The number of halogens is 4.